The van der Waals surface area contributed by atoms with Crippen molar-refractivity contribution in [2.45, 2.75) is 123 Å². The lowest BCUT2D eigenvalue weighted by Crippen LogP contribution is -2.58. The average molecular weight is 535 g/mol. The molecule has 0 bridgehead atoms. The van der Waals surface area contributed by atoms with Gasteiger partial charge in [-0.1, -0.05) is 65.2 Å². The second-order valence-electron chi connectivity index (χ2n) is 12.8. The van der Waals surface area contributed by atoms with E-state index in [-0.39, 0.29) is 23.2 Å². The van der Waals surface area contributed by atoms with Crippen molar-refractivity contribution in [3.05, 3.63) is 0 Å². The maximum atomic E-state index is 13.9. The van der Waals surface area contributed by atoms with Crippen LogP contribution in [0.2, 0.25) is 0 Å². The third kappa shape index (κ3) is 7.26. The van der Waals surface area contributed by atoms with E-state index < -0.39 is 47.4 Å². The van der Waals surface area contributed by atoms with Crippen LogP contribution in [0.25, 0.3) is 0 Å². The van der Waals surface area contributed by atoms with Crippen molar-refractivity contribution in [1.29, 1.82) is 0 Å². The molecule has 2 aliphatic heterocycles. The highest BCUT2D eigenvalue weighted by Crippen LogP contribution is 2.65. The summed E-state index contributed by atoms with van der Waals surface area (Å²) >= 11 is 0. The number of alkyl carbamates (subject to hydrolysis) is 1. The highest BCUT2D eigenvalue weighted by Gasteiger charge is 2.69. The molecule has 214 valence electrons. The summed E-state index contributed by atoms with van der Waals surface area (Å²) in [5.74, 6) is -2.59. The molecular weight excluding hydrogens is 488 g/mol. The molecule has 10 nitrogen and oxygen atoms in total. The molecule has 4 amide bonds. The van der Waals surface area contributed by atoms with Gasteiger partial charge in [-0.15, -0.1) is 0 Å². The fraction of sp³-hybridized carbons (Fsp3) is 0.821. The molecule has 0 spiro atoms. The van der Waals surface area contributed by atoms with E-state index in [2.05, 4.69) is 24.5 Å². The van der Waals surface area contributed by atoms with Gasteiger partial charge in [0.2, 0.25) is 17.6 Å². The Morgan fingerprint density at radius 3 is 2.08 bits per heavy atom. The predicted octanol–water partition coefficient (Wildman–Crippen LogP) is 2.82. The smallest absolute Gasteiger partial charge is 0.408 e. The second-order valence-corrected chi connectivity index (χ2v) is 12.8. The predicted molar refractivity (Wildman–Crippen MR) is 142 cm³/mol. The van der Waals surface area contributed by atoms with Gasteiger partial charge < -0.3 is 26.0 Å². The number of nitrogens with one attached hydrogen (secondary N) is 2. The quantitative estimate of drug-likeness (QED) is 0.474. The Balaban J connectivity index is 1.86. The summed E-state index contributed by atoms with van der Waals surface area (Å²) in [6, 6.07) is -2.62. The lowest BCUT2D eigenvalue weighted by molar-refractivity contribution is -0.143. The Hall–Kier alpha value is -2.65. The van der Waals surface area contributed by atoms with Crippen molar-refractivity contribution in [2.24, 2.45) is 23.0 Å². The van der Waals surface area contributed by atoms with Crippen molar-refractivity contribution in [3.63, 3.8) is 0 Å². The minimum Gasteiger partial charge on any atom is -0.444 e. The molecule has 10 heteroatoms. The Morgan fingerprint density at radius 2 is 1.53 bits per heavy atom. The van der Waals surface area contributed by atoms with Crippen LogP contribution in [-0.2, 0) is 23.9 Å². The van der Waals surface area contributed by atoms with Crippen LogP contribution < -0.4 is 16.4 Å². The van der Waals surface area contributed by atoms with Crippen molar-refractivity contribution in [1.82, 2.24) is 15.5 Å². The van der Waals surface area contributed by atoms with Gasteiger partial charge >= 0.3 is 6.09 Å². The van der Waals surface area contributed by atoms with Crippen molar-refractivity contribution < 1.29 is 28.7 Å². The number of carbonyl (C=O) groups excluding carboxylic acids is 5. The molecular formula is C28H46N4O6. The molecule has 0 radical (unpaired) electrons. The molecule has 0 aromatic carbocycles. The van der Waals surface area contributed by atoms with Crippen LogP contribution in [0.5, 0.6) is 0 Å². The molecule has 3 aliphatic rings. The van der Waals surface area contributed by atoms with Crippen molar-refractivity contribution >= 4 is 29.6 Å². The Labute approximate surface area is 226 Å². The fourth-order valence-corrected chi connectivity index (χ4v) is 6.18. The van der Waals surface area contributed by atoms with Crippen molar-refractivity contribution in [2.75, 3.05) is 6.54 Å². The number of amides is 4. The minimum absolute atomic E-state index is 0.0694. The highest BCUT2D eigenvalue weighted by atomic mass is 16.6. The zero-order valence-corrected chi connectivity index (χ0v) is 23.6. The van der Waals surface area contributed by atoms with Gasteiger partial charge in [-0.05, 0) is 50.9 Å². The SMILES string of the molecule is CC(C)(C)OC(=O)N[C@H]1CCCCCCCCCC[C@@H](C(=O)C(N)=O)NC(=O)[C@@H]2[C@H]3[C@@H](CN2C1=O)C3(C)C. The number of Topliss-reactive ketones (excluding diaryl/α,β-unsaturated/α-hetero) is 1. The molecule has 0 unspecified atom stereocenters. The summed E-state index contributed by atoms with van der Waals surface area (Å²) < 4.78 is 5.42. The first-order chi connectivity index (χ1) is 17.7. The van der Waals surface area contributed by atoms with Gasteiger partial charge in [-0.2, -0.15) is 0 Å². The summed E-state index contributed by atoms with van der Waals surface area (Å²) in [5, 5.41) is 5.53. The number of rotatable bonds is 3. The number of ether oxygens (including phenoxy) is 1. The molecule has 5 atom stereocenters. The number of primary amides is 1. The van der Waals surface area contributed by atoms with Crippen LogP contribution in [0.4, 0.5) is 4.79 Å². The van der Waals surface area contributed by atoms with Crippen LogP contribution in [0.3, 0.4) is 0 Å². The molecule has 2 saturated heterocycles. The summed E-state index contributed by atoms with van der Waals surface area (Å²) in [7, 11) is 0. The minimum atomic E-state index is -1.08. The molecule has 3 rings (SSSR count). The molecule has 4 N–H and O–H groups in total. The van der Waals surface area contributed by atoms with Gasteiger partial charge in [-0.25, -0.2) is 4.79 Å². The van der Waals surface area contributed by atoms with E-state index in [0.717, 1.165) is 44.9 Å². The summed E-state index contributed by atoms with van der Waals surface area (Å²) in [6.45, 7) is 9.82. The van der Waals surface area contributed by atoms with Gasteiger partial charge in [0, 0.05) is 6.54 Å². The van der Waals surface area contributed by atoms with E-state index in [4.69, 9.17) is 10.5 Å². The zero-order chi connectivity index (χ0) is 28.3. The number of hydrogen-bond donors (Lipinski definition) is 3. The van der Waals surface area contributed by atoms with Crippen LogP contribution in [0.15, 0.2) is 0 Å². The van der Waals surface area contributed by atoms with Crippen LogP contribution in [0.1, 0.15) is 98.8 Å². The van der Waals surface area contributed by atoms with E-state index in [1.54, 1.807) is 25.7 Å². The van der Waals surface area contributed by atoms with Gasteiger partial charge in [0.05, 0.1) is 6.04 Å². The molecule has 2 heterocycles. The highest BCUT2D eigenvalue weighted by molar-refractivity contribution is 6.37. The zero-order valence-electron chi connectivity index (χ0n) is 23.6. The number of carbonyl (C=O) groups is 5. The number of nitrogens with two attached hydrogens (primary N) is 1. The summed E-state index contributed by atoms with van der Waals surface area (Å²) in [4.78, 5) is 65.9. The van der Waals surface area contributed by atoms with E-state index in [1.165, 1.54) is 0 Å². The molecule has 0 aromatic heterocycles. The lowest BCUT2D eigenvalue weighted by atomic mass is 9.97. The number of fused-ring (bicyclic) bond motifs is 3. The molecule has 3 fully saturated rings. The van der Waals surface area contributed by atoms with Gasteiger partial charge in [0.15, 0.2) is 0 Å². The van der Waals surface area contributed by atoms with Crippen LogP contribution in [0, 0.1) is 17.3 Å². The average Bonchev–Trinajstić information content (AvgIpc) is 3.14. The lowest BCUT2D eigenvalue weighted by Gasteiger charge is -2.34. The van der Waals surface area contributed by atoms with E-state index in [0.29, 0.717) is 25.8 Å². The standard InChI is InChI=1S/C28H46N4O6/c1-27(2,3)38-26(37)31-19-15-13-11-9-7-6-8-10-12-14-18(22(33)23(29)34)30-24(35)21-20-17(28(20,4)5)16-32(21)25(19)36/h17-21H,6-16H2,1-5H3,(H2,29,34)(H,30,35)(H,31,37)/t17-,18+,19+,20-,21+/m1/s1. The molecule has 0 aromatic rings. The van der Waals surface area contributed by atoms with E-state index in [1.807, 2.05) is 0 Å². The normalized spacial score (nSPS) is 30.8. The first-order valence-corrected chi connectivity index (χ1v) is 14.2. The third-order valence-corrected chi connectivity index (χ3v) is 8.36. The van der Waals surface area contributed by atoms with Crippen LogP contribution in [-0.4, -0.2) is 64.8 Å². The van der Waals surface area contributed by atoms with Gasteiger partial charge in [-0.3, -0.25) is 19.2 Å². The number of ketones is 1. The number of piperidine rings is 1. The first kappa shape index (κ1) is 29.9. The molecule has 1 saturated carbocycles. The van der Waals surface area contributed by atoms with E-state index in [9.17, 15) is 24.0 Å². The third-order valence-electron chi connectivity index (χ3n) is 8.36. The summed E-state index contributed by atoms with van der Waals surface area (Å²) in [6.07, 6.45) is 7.54. The largest absolute Gasteiger partial charge is 0.444 e. The number of nitrogens with zero attached hydrogens (tertiary/aromatic N) is 1. The fourth-order valence-electron chi connectivity index (χ4n) is 6.18. The second kappa shape index (κ2) is 12.0. The Morgan fingerprint density at radius 1 is 0.974 bits per heavy atom. The maximum absolute atomic E-state index is 13.9. The van der Waals surface area contributed by atoms with Gasteiger partial charge in [0.25, 0.3) is 5.91 Å². The number of hydrogen-bond acceptors (Lipinski definition) is 6. The molecule has 1 aliphatic carbocycles. The first-order valence-electron chi connectivity index (χ1n) is 14.2. The monoisotopic (exact) mass is 534 g/mol. The van der Waals surface area contributed by atoms with Crippen LogP contribution >= 0.6 is 0 Å². The van der Waals surface area contributed by atoms with Crippen molar-refractivity contribution in [3.8, 4) is 0 Å². The van der Waals surface area contributed by atoms with E-state index >= 15 is 0 Å². The maximum Gasteiger partial charge on any atom is 0.408 e. The topological polar surface area (TPSA) is 148 Å². The summed E-state index contributed by atoms with van der Waals surface area (Å²) in [5.41, 5.74) is 4.44. The Kier molecular flexibility index (Phi) is 9.47. The van der Waals surface area contributed by atoms with Gasteiger partial charge in [0.1, 0.15) is 17.7 Å². The Bertz CT molecular complexity index is 927. The molecule has 38 heavy (non-hydrogen) atoms.